The van der Waals surface area contributed by atoms with Crippen LogP contribution in [-0.4, -0.2) is 12.1 Å². The highest BCUT2D eigenvalue weighted by Gasteiger charge is 2.10. The van der Waals surface area contributed by atoms with Gasteiger partial charge >= 0.3 is 0 Å². The molecule has 0 amide bonds. The van der Waals surface area contributed by atoms with Crippen molar-refractivity contribution in [2.45, 2.75) is 0 Å². The van der Waals surface area contributed by atoms with Gasteiger partial charge in [0.25, 0.3) is 0 Å². The zero-order chi connectivity index (χ0) is 13.2. The Hall–Kier alpha value is -2.48. The molecule has 3 rings (SSSR count). The van der Waals surface area contributed by atoms with Gasteiger partial charge < -0.3 is 9.72 Å². The molecule has 0 aliphatic carbocycles. The lowest BCUT2D eigenvalue weighted by atomic mass is 10.0. The number of nitrogens with one attached hydrogen (secondary N) is 1. The Morgan fingerprint density at radius 1 is 1.05 bits per heavy atom. The normalized spacial score (nSPS) is 10.6. The van der Waals surface area contributed by atoms with E-state index in [2.05, 4.69) is 41.9 Å². The summed E-state index contributed by atoms with van der Waals surface area (Å²) in [6.45, 7) is 3.89. The van der Waals surface area contributed by atoms with E-state index in [1.54, 1.807) is 7.11 Å². The summed E-state index contributed by atoms with van der Waals surface area (Å²) in [5.41, 5.74) is 4.52. The summed E-state index contributed by atoms with van der Waals surface area (Å²) in [5.74, 6) is 0.865. The number of aromatic nitrogens is 1. The molecule has 0 aliphatic rings. The minimum absolute atomic E-state index is 0.865. The third-order valence-electron chi connectivity index (χ3n) is 3.32. The third kappa shape index (κ3) is 1.91. The lowest BCUT2D eigenvalue weighted by molar-refractivity contribution is 0.415. The number of methoxy groups -OCH3 is 1. The van der Waals surface area contributed by atoms with Gasteiger partial charge in [-0.3, -0.25) is 0 Å². The molecule has 0 saturated carbocycles. The fourth-order valence-corrected chi connectivity index (χ4v) is 2.38. The minimum atomic E-state index is 0.865. The summed E-state index contributed by atoms with van der Waals surface area (Å²) in [6.07, 6.45) is 1.86. The molecule has 0 unspecified atom stereocenters. The Balaban J connectivity index is 2.24. The summed E-state index contributed by atoms with van der Waals surface area (Å²) >= 11 is 0. The smallest absolute Gasteiger partial charge is 0.118 e. The molecular weight excluding hydrogens is 234 g/mol. The molecular formula is C17H15NO. The lowest BCUT2D eigenvalue weighted by Crippen LogP contribution is -1.83. The van der Waals surface area contributed by atoms with E-state index >= 15 is 0 Å². The van der Waals surface area contributed by atoms with Gasteiger partial charge in [0.05, 0.1) is 7.11 Å². The van der Waals surface area contributed by atoms with E-state index in [1.807, 2.05) is 24.3 Å². The van der Waals surface area contributed by atoms with Gasteiger partial charge in [-0.05, 0) is 29.8 Å². The Morgan fingerprint density at radius 3 is 2.47 bits per heavy atom. The van der Waals surface area contributed by atoms with Gasteiger partial charge in [0.1, 0.15) is 5.75 Å². The predicted molar refractivity (Wildman–Crippen MR) is 80.4 cm³/mol. The van der Waals surface area contributed by atoms with Crippen molar-refractivity contribution in [2.24, 2.45) is 0 Å². The maximum absolute atomic E-state index is 5.20. The van der Waals surface area contributed by atoms with Gasteiger partial charge in [0.2, 0.25) is 0 Å². The third-order valence-corrected chi connectivity index (χ3v) is 3.32. The molecule has 2 aromatic carbocycles. The fraction of sp³-hybridized carbons (Fsp3) is 0.0588. The largest absolute Gasteiger partial charge is 0.497 e. The van der Waals surface area contributed by atoms with Crippen LogP contribution < -0.4 is 4.74 Å². The minimum Gasteiger partial charge on any atom is -0.497 e. The first kappa shape index (κ1) is 11.6. The van der Waals surface area contributed by atoms with Crippen molar-refractivity contribution in [3.8, 4) is 16.9 Å². The van der Waals surface area contributed by atoms with Crippen molar-refractivity contribution in [3.63, 3.8) is 0 Å². The van der Waals surface area contributed by atoms with Gasteiger partial charge in [0, 0.05) is 22.2 Å². The second-order valence-electron chi connectivity index (χ2n) is 4.39. The molecule has 3 aromatic rings. The molecule has 0 radical (unpaired) electrons. The summed E-state index contributed by atoms with van der Waals surface area (Å²) in [7, 11) is 1.68. The van der Waals surface area contributed by atoms with Gasteiger partial charge in [-0.2, -0.15) is 0 Å². The highest BCUT2D eigenvalue weighted by molar-refractivity contribution is 6.00. The molecule has 0 aliphatic heterocycles. The quantitative estimate of drug-likeness (QED) is 0.727. The van der Waals surface area contributed by atoms with Gasteiger partial charge in [-0.1, -0.05) is 36.9 Å². The van der Waals surface area contributed by atoms with Crippen LogP contribution in [0.2, 0.25) is 0 Å². The van der Waals surface area contributed by atoms with Crippen LogP contribution in [0.1, 0.15) is 5.69 Å². The first-order valence-corrected chi connectivity index (χ1v) is 6.21. The number of rotatable bonds is 3. The number of hydrogen-bond acceptors (Lipinski definition) is 1. The molecule has 2 heteroatoms. The van der Waals surface area contributed by atoms with Crippen molar-refractivity contribution in [2.75, 3.05) is 7.11 Å². The number of benzene rings is 2. The summed E-state index contributed by atoms with van der Waals surface area (Å²) in [6, 6.07) is 16.4. The topological polar surface area (TPSA) is 25.0 Å². The number of ether oxygens (including phenoxy) is 1. The van der Waals surface area contributed by atoms with Gasteiger partial charge in [-0.15, -0.1) is 0 Å². The molecule has 2 nitrogen and oxygen atoms in total. The monoisotopic (exact) mass is 249 g/mol. The molecule has 0 atom stereocenters. The SMILES string of the molecule is C=Cc1[nH]c2ccccc2c1-c1ccc(OC)cc1. The number of aromatic amines is 1. The van der Waals surface area contributed by atoms with E-state index in [0.29, 0.717) is 0 Å². The standard InChI is InChI=1S/C17H15NO/c1-3-15-17(12-8-10-13(19-2)11-9-12)14-6-4-5-7-16(14)18-15/h3-11,18H,1H2,2H3. The van der Waals surface area contributed by atoms with E-state index in [9.17, 15) is 0 Å². The molecule has 0 fully saturated rings. The number of H-pyrrole nitrogens is 1. The Morgan fingerprint density at radius 2 is 1.79 bits per heavy atom. The van der Waals surface area contributed by atoms with Crippen molar-refractivity contribution in [1.82, 2.24) is 4.98 Å². The second kappa shape index (κ2) is 4.65. The van der Waals surface area contributed by atoms with Crippen molar-refractivity contribution >= 4 is 17.0 Å². The van der Waals surface area contributed by atoms with E-state index in [-0.39, 0.29) is 0 Å². The van der Waals surface area contributed by atoms with Crippen LogP contribution in [0.25, 0.3) is 28.1 Å². The van der Waals surface area contributed by atoms with Crippen LogP contribution in [0.5, 0.6) is 5.75 Å². The molecule has 1 aromatic heterocycles. The maximum atomic E-state index is 5.20. The van der Waals surface area contributed by atoms with E-state index in [1.165, 1.54) is 10.9 Å². The predicted octanol–water partition coefficient (Wildman–Crippen LogP) is 4.49. The number of para-hydroxylation sites is 1. The molecule has 1 N–H and O–H groups in total. The molecule has 0 bridgehead atoms. The number of hydrogen-bond donors (Lipinski definition) is 1. The molecule has 19 heavy (non-hydrogen) atoms. The Bertz CT molecular complexity index is 723. The Kier molecular flexibility index (Phi) is 2.84. The molecule has 1 heterocycles. The summed E-state index contributed by atoms with van der Waals surface area (Å²) in [4.78, 5) is 3.39. The summed E-state index contributed by atoms with van der Waals surface area (Å²) < 4.78 is 5.20. The van der Waals surface area contributed by atoms with Crippen LogP contribution in [0.15, 0.2) is 55.1 Å². The zero-order valence-corrected chi connectivity index (χ0v) is 10.8. The van der Waals surface area contributed by atoms with Crippen LogP contribution >= 0.6 is 0 Å². The zero-order valence-electron chi connectivity index (χ0n) is 10.8. The molecule has 94 valence electrons. The highest BCUT2D eigenvalue weighted by Crippen LogP contribution is 2.33. The Labute approximate surface area is 112 Å². The van der Waals surface area contributed by atoms with E-state index < -0.39 is 0 Å². The van der Waals surface area contributed by atoms with E-state index in [0.717, 1.165) is 22.5 Å². The first-order valence-electron chi connectivity index (χ1n) is 6.21. The van der Waals surface area contributed by atoms with Crippen LogP contribution in [-0.2, 0) is 0 Å². The van der Waals surface area contributed by atoms with Crippen molar-refractivity contribution in [3.05, 3.63) is 60.8 Å². The molecule has 0 saturated heterocycles. The van der Waals surface area contributed by atoms with E-state index in [4.69, 9.17) is 4.74 Å². The average molecular weight is 249 g/mol. The highest BCUT2D eigenvalue weighted by atomic mass is 16.5. The van der Waals surface area contributed by atoms with Crippen LogP contribution in [0.4, 0.5) is 0 Å². The van der Waals surface area contributed by atoms with Crippen molar-refractivity contribution in [1.29, 1.82) is 0 Å². The number of fused-ring (bicyclic) bond motifs is 1. The van der Waals surface area contributed by atoms with Gasteiger partial charge in [0.15, 0.2) is 0 Å². The fourth-order valence-electron chi connectivity index (χ4n) is 2.38. The maximum Gasteiger partial charge on any atom is 0.118 e. The average Bonchev–Trinajstić information content (AvgIpc) is 2.86. The summed E-state index contributed by atoms with van der Waals surface area (Å²) in [5, 5.41) is 1.21. The second-order valence-corrected chi connectivity index (χ2v) is 4.39. The van der Waals surface area contributed by atoms with Crippen LogP contribution in [0.3, 0.4) is 0 Å². The lowest BCUT2D eigenvalue weighted by Gasteiger charge is -2.04. The van der Waals surface area contributed by atoms with Crippen molar-refractivity contribution < 1.29 is 4.74 Å². The first-order chi connectivity index (χ1) is 9.33. The van der Waals surface area contributed by atoms with Crippen LogP contribution in [0, 0.1) is 0 Å². The van der Waals surface area contributed by atoms with Gasteiger partial charge in [-0.25, -0.2) is 0 Å². The molecule has 0 spiro atoms.